The van der Waals surface area contributed by atoms with Crippen LogP contribution in [-0.2, 0) is 15.8 Å². The van der Waals surface area contributed by atoms with Gasteiger partial charge in [-0.25, -0.2) is 4.98 Å². The van der Waals surface area contributed by atoms with Gasteiger partial charge in [0, 0.05) is 17.4 Å². The molecule has 1 aliphatic heterocycles. The third-order valence-corrected chi connectivity index (χ3v) is 7.55. The number of rotatable bonds is 11. The summed E-state index contributed by atoms with van der Waals surface area (Å²) in [6.07, 6.45) is 0.741. The van der Waals surface area contributed by atoms with Crippen LogP contribution in [0.3, 0.4) is 0 Å². The van der Waals surface area contributed by atoms with E-state index in [2.05, 4.69) is 16.5 Å². The van der Waals surface area contributed by atoms with Crippen LogP contribution in [0.1, 0.15) is 44.1 Å². The normalized spacial score (nSPS) is 17.8. The lowest BCUT2D eigenvalue weighted by atomic mass is 10.1. The number of nitrogens with zero attached hydrogens (tertiary/aromatic N) is 3. The fourth-order valence-electron chi connectivity index (χ4n) is 5.30. The Bertz CT molecular complexity index is 1640. The number of amides is 2. The summed E-state index contributed by atoms with van der Waals surface area (Å²) in [5.74, 6) is -0.913. The van der Waals surface area contributed by atoms with Crippen LogP contribution in [0.2, 0.25) is 0 Å². The first-order valence-electron chi connectivity index (χ1n) is 14.1. The average molecular weight is 596 g/mol. The molecule has 2 aromatic carbocycles. The Morgan fingerprint density at radius 1 is 1.12 bits per heavy atom. The van der Waals surface area contributed by atoms with E-state index in [9.17, 15) is 22.8 Å². The number of benzene rings is 2. The lowest BCUT2D eigenvalue weighted by Gasteiger charge is -2.25. The van der Waals surface area contributed by atoms with Gasteiger partial charge in [0.15, 0.2) is 5.82 Å². The van der Waals surface area contributed by atoms with E-state index in [0.29, 0.717) is 28.5 Å². The van der Waals surface area contributed by atoms with E-state index < -0.39 is 35.8 Å². The number of allylic oxidation sites excluding steroid dienone is 1. The molecule has 4 N–H and O–H groups in total. The van der Waals surface area contributed by atoms with E-state index in [0.717, 1.165) is 37.8 Å². The number of primary amides is 1. The molecule has 3 atom stereocenters. The molecule has 1 fully saturated rings. The number of hydrogen-bond donors (Lipinski definition) is 2. The second-order valence-corrected chi connectivity index (χ2v) is 10.6. The molecular formula is C31H32F3N5O4. The van der Waals surface area contributed by atoms with Gasteiger partial charge in [0.25, 0.3) is 5.88 Å². The Kier molecular flexibility index (Phi) is 8.67. The summed E-state index contributed by atoms with van der Waals surface area (Å²) >= 11 is 0. The molecule has 12 heteroatoms. The fourth-order valence-corrected chi connectivity index (χ4v) is 5.30. The Balaban J connectivity index is 1.43. The van der Waals surface area contributed by atoms with Gasteiger partial charge in [-0.15, -0.1) is 6.58 Å². The average Bonchev–Trinajstić information content (AvgIpc) is 3.58. The van der Waals surface area contributed by atoms with Gasteiger partial charge in [-0.1, -0.05) is 43.2 Å². The number of likely N-dealkylation sites (tertiary alicyclic amines) is 1. The summed E-state index contributed by atoms with van der Waals surface area (Å²) in [4.78, 5) is 36.0. The topological polar surface area (TPSA) is 138 Å². The molecule has 1 aliphatic rings. The number of alkyl halides is 3. The Labute approximate surface area is 245 Å². The number of fused-ring (bicyclic) bond motifs is 3. The number of carbonyl (C=O) groups excluding carboxylic acids is 2. The van der Waals surface area contributed by atoms with Crippen LogP contribution in [0.25, 0.3) is 33.5 Å². The Morgan fingerprint density at radius 3 is 2.56 bits per heavy atom. The van der Waals surface area contributed by atoms with Crippen LogP contribution in [0.15, 0.2) is 65.6 Å². The van der Waals surface area contributed by atoms with Gasteiger partial charge < -0.3 is 25.5 Å². The number of halogens is 3. The molecule has 9 nitrogen and oxygen atoms in total. The van der Waals surface area contributed by atoms with Crippen molar-refractivity contribution in [2.75, 3.05) is 6.54 Å². The van der Waals surface area contributed by atoms with Crippen molar-refractivity contribution in [3.05, 3.63) is 66.7 Å². The standard InChI is InChI=1S/C31H32F3N5O4/c1-2-3-4-5-6-10-22(35)30(41)39-17-20(16-23(39)27(36)40)42-29-26-25(21-9-7-8-11-24(21)43-26)37-28(38-29)18-12-14-19(15-13-18)31(32,33)34/h2,7-9,11-15,20,22-23H,1,3-6,10,16-17,35H2,(H2,36,40)/t20-,22+,23+/m1/s1. The van der Waals surface area contributed by atoms with E-state index in [1.807, 2.05) is 6.08 Å². The Hall–Kier alpha value is -4.45. The van der Waals surface area contributed by atoms with Crippen molar-refractivity contribution in [3.8, 4) is 17.3 Å². The molecule has 0 aliphatic carbocycles. The van der Waals surface area contributed by atoms with Gasteiger partial charge in [0.05, 0.1) is 18.2 Å². The number of para-hydroxylation sites is 1. The lowest BCUT2D eigenvalue weighted by Crippen LogP contribution is -2.50. The van der Waals surface area contributed by atoms with Crippen molar-refractivity contribution in [2.45, 2.75) is 62.9 Å². The van der Waals surface area contributed by atoms with Crippen LogP contribution in [0.4, 0.5) is 13.2 Å². The van der Waals surface area contributed by atoms with E-state index >= 15 is 0 Å². The van der Waals surface area contributed by atoms with Gasteiger partial charge in [0.1, 0.15) is 23.2 Å². The molecule has 0 bridgehead atoms. The van der Waals surface area contributed by atoms with Gasteiger partial charge in [-0.3, -0.25) is 9.59 Å². The first kappa shape index (κ1) is 30.0. The minimum absolute atomic E-state index is 0.0325. The molecule has 43 heavy (non-hydrogen) atoms. The maximum Gasteiger partial charge on any atom is 0.416 e. The highest BCUT2D eigenvalue weighted by molar-refractivity contribution is 6.04. The van der Waals surface area contributed by atoms with Crippen molar-refractivity contribution in [2.24, 2.45) is 11.5 Å². The van der Waals surface area contributed by atoms with Crippen molar-refractivity contribution in [1.82, 2.24) is 14.9 Å². The number of ether oxygens (including phenoxy) is 1. The van der Waals surface area contributed by atoms with Gasteiger partial charge >= 0.3 is 6.18 Å². The predicted molar refractivity (Wildman–Crippen MR) is 155 cm³/mol. The molecule has 1 saturated heterocycles. The summed E-state index contributed by atoms with van der Waals surface area (Å²) in [5.41, 5.74) is 12.5. The number of carbonyl (C=O) groups is 2. The molecule has 2 aromatic heterocycles. The maximum atomic E-state index is 13.2. The fraction of sp³-hybridized carbons (Fsp3) is 0.355. The SMILES string of the molecule is C=CCCCCC[C@H](N)C(=O)N1C[C@H](Oc2nc(-c3ccc(C(F)(F)F)cc3)nc3c2oc2ccccc23)C[C@H]1C(N)=O. The molecule has 3 heterocycles. The zero-order valence-corrected chi connectivity index (χ0v) is 23.3. The van der Waals surface area contributed by atoms with E-state index in [4.69, 9.17) is 20.6 Å². The first-order valence-corrected chi connectivity index (χ1v) is 14.1. The summed E-state index contributed by atoms with van der Waals surface area (Å²) in [5, 5.41) is 0.662. The quantitative estimate of drug-likeness (QED) is 0.176. The van der Waals surface area contributed by atoms with Crippen molar-refractivity contribution in [1.29, 1.82) is 0 Å². The molecule has 226 valence electrons. The summed E-state index contributed by atoms with van der Waals surface area (Å²) in [6.45, 7) is 3.74. The minimum Gasteiger partial charge on any atom is -0.470 e. The van der Waals surface area contributed by atoms with Crippen LogP contribution >= 0.6 is 0 Å². The molecule has 0 radical (unpaired) electrons. The smallest absolute Gasteiger partial charge is 0.416 e. The molecule has 0 saturated carbocycles. The van der Waals surface area contributed by atoms with Crippen molar-refractivity contribution in [3.63, 3.8) is 0 Å². The maximum absolute atomic E-state index is 13.2. The number of unbranched alkanes of at least 4 members (excludes halogenated alkanes) is 3. The summed E-state index contributed by atoms with van der Waals surface area (Å²) < 4.78 is 51.7. The summed E-state index contributed by atoms with van der Waals surface area (Å²) in [7, 11) is 0. The second kappa shape index (κ2) is 12.4. The molecule has 0 spiro atoms. The van der Waals surface area contributed by atoms with E-state index in [1.165, 1.54) is 17.0 Å². The van der Waals surface area contributed by atoms with Crippen LogP contribution in [0, 0.1) is 0 Å². The van der Waals surface area contributed by atoms with Gasteiger partial charge in [-0.05, 0) is 43.5 Å². The third-order valence-electron chi connectivity index (χ3n) is 7.55. The second-order valence-electron chi connectivity index (χ2n) is 10.6. The molecular weight excluding hydrogens is 563 g/mol. The van der Waals surface area contributed by atoms with Crippen molar-refractivity contribution >= 4 is 33.9 Å². The minimum atomic E-state index is -4.49. The number of hydrogen-bond acceptors (Lipinski definition) is 7. The highest BCUT2D eigenvalue weighted by Gasteiger charge is 2.41. The molecule has 2 amide bonds. The Morgan fingerprint density at radius 2 is 1.86 bits per heavy atom. The number of aromatic nitrogens is 2. The van der Waals surface area contributed by atoms with Crippen molar-refractivity contribution < 1.29 is 31.9 Å². The van der Waals surface area contributed by atoms with Crippen LogP contribution in [-0.4, -0.2) is 51.4 Å². The van der Waals surface area contributed by atoms with Crippen LogP contribution in [0.5, 0.6) is 5.88 Å². The third kappa shape index (κ3) is 6.48. The summed E-state index contributed by atoms with van der Waals surface area (Å²) in [6, 6.07) is 9.90. The highest BCUT2D eigenvalue weighted by atomic mass is 19.4. The van der Waals surface area contributed by atoms with Crippen LogP contribution < -0.4 is 16.2 Å². The van der Waals surface area contributed by atoms with Gasteiger partial charge in [-0.2, -0.15) is 18.2 Å². The first-order chi connectivity index (χ1) is 20.6. The molecule has 4 aromatic rings. The number of furan rings is 1. The predicted octanol–water partition coefficient (Wildman–Crippen LogP) is 5.36. The molecule has 0 unspecified atom stereocenters. The largest absolute Gasteiger partial charge is 0.470 e. The lowest BCUT2D eigenvalue weighted by molar-refractivity contribution is -0.138. The highest BCUT2D eigenvalue weighted by Crippen LogP contribution is 2.37. The zero-order chi connectivity index (χ0) is 30.7. The number of nitrogens with two attached hydrogens (primary N) is 2. The van der Waals surface area contributed by atoms with E-state index in [1.54, 1.807) is 24.3 Å². The van der Waals surface area contributed by atoms with Gasteiger partial charge in [0.2, 0.25) is 17.4 Å². The zero-order valence-electron chi connectivity index (χ0n) is 23.3. The monoisotopic (exact) mass is 595 g/mol. The molecule has 5 rings (SSSR count). The van der Waals surface area contributed by atoms with E-state index in [-0.39, 0.29) is 36.2 Å².